The second-order valence-corrected chi connectivity index (χ2v) is 5.38. The van der Waals surface area contributed by atoms with E-state index in [4.69, 9.17) is 5.73 Å². The summed E-state index contributed by atoms with van der Waals surface area (Å²) < 4.78 is 0. The molecule has 0 fully saturated rings. The minimum absolute atomic E-state index is 0.0266. The third-order valence-corrected chi connectivity index (χ3v) is 4.05. The molecule has 4 N–H and O–H groups in total. The van der Waals surface area contributed by atoms with E-state index < -0.39 is 6.04 Å². The molecule has 0 radical (unpaired) electrons. The number of carbonyl (C=O) groups is 2. The normalized spacial score (nSPS) is 11.9. The van der Waals surface area contributed by atoms with Gasteiger partial charge in [0, 0.05) is 32.0 Å². The smallest absolute Gasteiger partial charge is 0.237 e. The molecule has 0 aliphatic heterocycles. The predicted molar refractivity (Wildman–Crippen MR) is 65.6 cm³/mol. The highest BCUT2D eigenvalue weighted by Crippen LogP contribution is 2.22. The summed E-state index contributed by atoms with van der Waals surface area (Å²) in [5.74, 6) is 1.15. The van der Waals surface area contributed by atoms with Crippen LogP contribution < -0.4 is 16.4 Å². The number of hydrogen-bond donors (Lipinski definition) is 3. The number of amides is 2. The van der Waals surface area contributed by atoms with Crippen molar-refractivity contribution >= 4 is 33.4 Å². The van der Waals surface area contributed by atoms with Crippen LogP contribution in [0, 0.1) is 0 Å². The second-order valence-electron chi connectivity index (χ2n) is 2.75. The van der Waals surface area contributed by atoms with Gasteiger partial charge in [0.05, 0.1) is 6.04 Å². The number of rotatable bonds is 7. The summed E-state index contributed by atoms with van der Waals surface area (Å²) in [4.78, 5) is 21.8. The quantitative estimate of drug-likeness (QED) is 0.423. The summed E-state index contributed by atoms with van der Waals surface area (Å²) in [7, 11) is 6.23. The molecule has 0 spiro atoms. The SMILES string of the molecule is CNC(=O)CCSSCC(N)C(=O)NC. The molecule has 7 heteroatoms. The lowest BCUT2D eigenvalue weighted by Crippen LogP contribution is -2.40. The van der Waals surface area contributed by atoms with Gasteiger partial charge in [-0.1, -0.05) is 21.6 Å². The van der Waals surface area contributed by atoms with E-state index >= 15 is 0 Å². The Bertz CT molecular complexity index is 214. The standard InChI is InChI=1S/C8H17N3O2S2/c1-10-7(12)3-4-14-15-5-6(9)8(13)11-2/h6H,3-5,9H2,1-2H3,(H,10,12)(H,11,13). The van der Waals surface area contributed by atoms with Crippen molar-refractivity contribution in [3.8, 4) is 0 Å². The molecule has 1 unspecified atom stereocenters. The lowest BCUT2D eigenvalue weighted by molar-refractivity contribution is -0.121. The largest absolute Gasteiger partial charge is 0.359 e. The van der Waals surface area contributed by atoms with Crippen molar-refractivity contribution < 1.29 is 9.59 Å². The molecule has 0 aliphatic carbocycles. The average molecular weight is 251 g/mol. The summed E-state index contributed by atoms with van der Waals surface area (Å²) in [6.45, 7) is 0. The first kappa shape index (κ1) is 14.6. The summed E-state index contributed by atoms with van der Waals surface area (Å²) in [5.41, 5.74) is 5.57. The zero-order valence-electron chi connectivity index (χ0n) is 8.91. The molecule has 0 heterocycles. The van der Waals surface area contributed by atoms with Crippen molar-refractivity contribution in [2.75, 3.05) is 25.6 Å². The van der Waals surface area contributed by atoms with E-state index in [1.54, 1.807) is 24.9 Å². The monoisotopic (exact) mass is 251 g/mol. The van der Waals surface area contributed by atoms with Crippen LogP contribution in [0.15, 0.2) is 0 Å². The first-order valence-electron chi connectivity index (χ1n) is 4.54. The van der Waals surface area contributed by atoms with E-state index in [1.165, 1.54) is 10.8 Å². The van der Waals surface area contributed by atoms with Crippen LogP contribution in [0.3, 0.4) is 0 Å². The van der Waals surface area contributed by atoms with Crippen molar-refractivity contribution in [1.82, 2.24) is 10.6 Å². The Morgan fingerprint density at radius 1 is 1.27 bits per heavy atom. The van der Waals surface area contributed by atoms with E-state index in [2.05, 4.69) is 10.6 Å². The Morgan fingerprint density at radius 2 is 1.93 bits per heavy atom. The van der Waals surface area contributed by atoms with Gasteiger partial charge < -0.3 is 16.4 Å². The van der Waals surface area contributed by atoms with E-state index in [9.17, 15) is 9.59 Å². The number of likely N-dealkylation sites (N-methyl/N-ethyl adjacent to an activating group) is 1. The van der Waals surface area contributed by atoms with Crippen molar-refractivity contribution in [2.24, 2.45) is 5.73 Å². The van der Waals surface area contributed by atoms with Gasteiger partial charge in [0.25, 0.3) is 0 Å². The van der Waals surface area contributed by atoms with Crippen LogP contribution in [0.1, 0.15) is 6.42 Å². The van der Waals surface area contributed by atoms with Gasteiger partial charge in [-0.25, -0.2) is 0 Å². The lowest BCUT2D eigenvalue weighted by atomic mass is 10.3. The van der Waals surface area contributed by atoms with Crippen LogP contribution in [0.25, 0.3) is 0 Å². The molecule has 88 valence electrons. The van der Waals surface area contributed by atoms with Crippen molar-refractivity contribution in [3.05, 3.63) is 0 Å². The highest BCUT2D eigenvalue weighted by molar-refractivity contribution is 8.76. The van der Waals surface area contributed by atoms with Gasteiger partial charge in [0.2, 0.25) is 11.8 Å². The molecule has 0 aromatic carbocycles. The van der Waals surface area contributed by atoms with Gasteiger partial charge in [0.15, 0.2) is 0 Å². The van der Waals surface area contributed by atoms with Crippen LogP contribution in [0.4, 0.5) is 0 Å². The highest BCUT2D eigenvalue weighted by Gasteiger charge is 2.11. The molecule has 2 amide bonds. The van der Waals surface area contributed by atoms with E-state index in [0.717, 1.165) is 5.75 Å². The molecule has 0 saturated heterocycles. The number of nitrogens with two attached hydrogens (primary N) is 1. The van der Waals surface area contributed by atoms with Gasteiger partial charge in [0.1, 0.15) is 0 Å². The van der Waals surface area contributed by atoms with Crippen molar-refractivity contribution in [1.29, 1.82) is 0 Å². The molecule has 0 bridgehead atoms. The van der Waals surface area contributed by atoms with Gasteiger partial charge in [-0.3, -0.25) is 9.59 Å². The van der Waals surface area contributed by atoms with Gasteiger partial charge in [-0.05, 0) is 0 Å². The predicted octanol–water partition coefficient (Wildman–Crippen LogP) is -0.423. The fourth-order valence-corrected chi connectivity index (χ4v) is 2.81. The Kier molecular flexibility index (Phi) is 8.64. The molecular weight excluding hydrogens is 234 g/mol. The zero-order chi connectivity index (χ0) is 11.7. The summed E-state index contributed by atoms with van der Waals surface area (Å²) in [6, 6.07) is -0.479. The molecule has 0 aliphatic rings. The van der Waals surface area contributed by atoms with Crippen molar-refractivity contribution in [2.45, 2.75) is 12.5 Å². The van der Waals surface area contributed by atoms with Crippen LogP contribution >= 0.6 is 21.6 Å². The third-order valence-electron chi connectivity index (χ3n) is 1.61. The van der Waals surface area contributed by atoms with E-state index in [1.807, 2.05) is 0 Å². The number of nitrogens with one attached hydrogen (secondary N) is 2. The van der Waals surface area contributed by atoms with Gasteiger partial charge >= 0.3 is 0 Å². The molecule has 0 saturated carbocycles. The fourth-order valence-electron chi connectivity index (χ4n) is 0.701. The molecule has 15 heavy (non-hydrogen) atoms. The first-order valence-corrected chi connectivity index (χ1v) is 7.02. The van der Waals surface area contributed by atoms with Crippen LogP contribution in [-0.4, -0.2) is 43.5 Å². The Labute approximate surface area is 97.7 Å². The minimum atomic E-state index is -0.479. The van der Waals surface area contributed by atoms with E-state index in [0.29, 0.717) is 12.2 Å². The maximum absolute atomic E-state index is 11.0. The molecule has 0 rings (SSSR count). The molecule has 0 aromatic rings. The third kappa shape index (κ3) is 7.52. The van der Waals surface area contributed by atoms with Crippen LogP contribution in [-0.2, 0) is 9.59 Å². The van der Waals surface area contributed by atoms with E-state index in [-0.39, 0.29) is 11.8 Å². The topological polar surface area (TPSA) is 84.2 Å². The van der Waals surface area contributed by atoms with Crippen LogP contribution in [0.2, 0.25) is 0 Å². The van der Waals surface area contributed by atoms with Gasteiger partial charge in [-0.15, -0.1) is 0 Å². The summed E-state index contributed by atoms with van der Waals surface area (Å²) >= 11 is 0. The Balaban J connectivity index is 3.38. The zero-order valence-corrected chi connectivity index (χ0v) is 10.5. The highest BCUT2D eigenvalue weighted by atomic mass is 33.1. The summed E-state index contributed by atoms with van der Waals surface area (Å²) in [5, 5.41) is 5.02. The summed E-state index contributed by atoms with van der Waals surface area (Å²) in [6.07, 6.45) is 0.489. The molecule has 5 nitrogen and oxygen atoms in total. The van der Waals surface area contributed by atoms with Gasteiger partial charge in [-0.2, -0.15) is 0 Å². The molecular formula is C8H17N3O2S2. The number of carbonyl (C=O) groups excluding carboxylic acids is 2. The second kappa shape index (κ2) is 8.87. The molecule has 0 aromatic heterocycles. The fraction of sp³-hybridized carbons (Fsp3) is 0.750. The first-order chi connectivity index (χ1) is 7.11. The lowest BCUT2D eigenvalue weighted by Gasteiger charge is -2.08. The molecule has 1 atom stereocenters. The van der Waals surface area contributed by atoms with Crippen LogP contribution in [0.5, 0.6) is 0 Å². The Hall–Kier alpha value is -0.400. The number of hydrogen-bond acceptors (Lipinski definition) is 5. The Morgan fingerprint density at radius 3 is 2.47 bits per heavy atom. The maximum atomic E-state index is 11.0. The average Bonchev–Trinajstić information content (AvgIpc) is 2.26. The minimum Gasteiger partial charge on any atom is -0.359 e. The maximum Gasteiger partial charge on any atom is 0.237 e. The van der Waals surface area contributed by atoms with Crippen molar-refractivity contribution in [3.63, 3.8) is 0 Å².